The number of anilines is 1. The van der Waals surface area contributed by atoms with E-state index in [9.17, 15) is 9.90 Å². The van der Waals surface area contributed by atoms with Gasteiger partial charge in [0.05, 0.1) is 23.2 Å². The molecule has 19 heavy (non-hydrogen) atoms. The van der Waals surface area contributed by atoms with Crippen LogP contribution in [0.3, 0.4) is 0 Å². The number of hydrogen-bond acceptors (Lipinski definition) is 5. The standard InChI is InChI=1S/C13H14N4O2/c18-9-6-12(16-7-9)13(19)17-8-1-2-10-11(5-8)15-4-3-14-10/h1-5,9,12,16,18H,6-7H2,(H,17,19). The van der Waals surface area contributed by atoms with Gasteiger partial charge in [0.1, 0.15) is 0 Å². The van der Waals surface area contributed by atoms with Gasteiger partial charge in [-0.1, -0.05) is 0 Å². The minimum atomic E-state index is -0.446. The highest BCUT2D eigenvalue weighted by atomic mass is 16.3. The number of carbonyl (C=O) groups is 1. The van der Waals surface area contributed by atoms with Gasteiger partial charge in [0, 0.05) is 24.6 Å². The molecule has 98 valence electrons. The Labute approximate surface area is 109 Å². The van der Waals surface area contributed by atoms with Crippen LogP contribution >= 0.6 is 0 Å². The average molecular weight is 258 g/mol. The van der Waals surface area contributed by atoms with Gasteiger partial charge in [0.2, 0.25) is 5.91 Å². The number of aliphatic hydroxyl groups is 1. The maximum atomic E-state index is 12.0. The van der Waals surface area contributed by atoms with Crippen molar-refractivity contribution in [3.8, 4) is 0 Å². The molecule has 3 N–H and O–H groups in total. The number of aromatic nitrogens is 2. The summed E-state index contributed by atoms with van der Waals surface area (Å²) >= 11 is 0. The molecule has 3 rings (SSSR count). The summed E-state index contributed by atoms with van der Waals surface area (Å²) < 4.78 is 0. The third-order valence-electron chi connectivity index (χ3n) is 3.16. The second-order valence-electron chi connectivity index (χ2n) is 4.60. The summed E-state index contributed by atoms with van der Waals surface area (Å²) in [6, 6.07) is 5.05. The zero-order valence-electron chi connectivity index (χ0n) is 10.2. The van der Waals surface area contributed by atoms with Crippen molar-refractivity contribution in [1.29, 1.82) is 0 Å². The highest BCUT2D eigenvalue weighted by Gasteiger charge is 2.27. The summed E-state index contributed by atoms with van der Waals surface area (Å²) in [6.07, 6.45) is 3.24. The van der Waals surface area contributed by atoms with Crippen molar-refractivity contribution in [2.75, 3.05) is 11.9 Å². The predicted molar refractivity (Wildman–Crippen MR) is 70.6 cm³/mol. The number of hydrogen-bond donors (Lipinski definition) is 3. The molecule has 1 aliphatic heterocycles. The molecule has 0 saturated carbocycles. The quantitative estimate of drug-likeness (QED) is 0.720. The zero-order valence-corrected chi connectivity index (χ0v) is 10.2. The number of amides is 1. The molecule has 1 amide bonds. The molecule has 2 atom stereocenters. The van der Waals surface area contributed by atoms with Gasteiger partial charge in [-0.15, -0.1) is 0 Å². The van der Waals surface area contributed by atoms with E-state index in [1.54, 1.807) is 24.5 Å². The van der Waals surface area contributed by atoms with Crippen LogP contribution < -0.4 is 10.6 Å². The summed E-state index contributed by atoms with van der Waals surface area (Å²) in [4.78, 5) is 20.3. The first kappa shape index (κ1) is 12.0. The van der Waals surface area contributed by atoms with E-state index in [2.05, 4.69) is 20.6 Å². The molecule has 1 saturated heterocycles. The van der Waals surface area contributed by atoms with Crippen LogP contribution in [0.5, 0.6) is 0 Å². The normalized spacial score (nSPS) is 22.6. The lowest BCUT2D eigenvalue weighted by Crippen LogP contribution is -2.35. The van der Waals surface area contributed by atoms with Crippen molar-refractivity contribution in [2.45, 2.75) is 18.6 Å². The Balaban J connectivity index is 1.76. The van der Waals surface area contributed by atoms with E-state index in [4.69, 9.17) is 0 Å². The molecule has 0 radical (unpaired) electrons. The van der Waals surface area contributed by atoms with Crippen molar-refractivity contribution in [1.82, 2.24) is 15.3 Å². The average Bonchev–Trinajstić information content (AvgIpc) is 2.85. The molecule has 0 spiro atoms. The predicted octanol–water partition coefficient (Wildman–Crippen LogP) is 0.291. The summed E-state index contributed by atoms with van der Waals surface area (Å²) in [7, 11) is 0. The van der Waals surface area contributed by atoms with Crippen LogP contribution in [0.2, 0.25) is 0 Å². The molecule has 2 heterocycles. The number of aliphatic hydroxyl groups excluding tert-OH is 1. The smallest absolute Gasteiger partial charge is 0.241 e. The van der Waals surface area contributed by atoms with Gasteiger partial charge in [-0.05, 0) is 24.6 Å². The van der Waals surface area contributed by atoms with E-state index < -0.39 is 6.10 Å². The number of β-amino-alcohol motifs (C(OH)–C–C–N with tert-alkyl or cyclic N) is 1. The maximum Gasteiger partial charge on any atom is 0.241 e. The molecule has 0 bridgehead atoms. The molecule has 1 aromatic carbocycles. The fourth-order valence-corrected chi connectivity index (χ4v) is 2.19. The van der Waals surface area contributed by atoms with E-state index >= 15 is 0 Å². The molecule has 6 heteroatoms. The van der Waals surface area contributed by atoms with Gasteiger partial charge in [-0.2, -0.15) is 0 Å². The Morgan fingerprint density at radius 2 is 2.11 bits per heavy atom. The Morgan fingerprint density at radius 1 is 1.32 bits per heavy atom. The van der Waals surface area contributed by atoms with Crippen LogP contribution in [0.15, 0.2) is 30.6 Å². The largest absolute Gasteiger partial charge is 0.392 e. The van der Waals surface area contributed by atoms with Gasteiger partial charge in [0.25, 0.3) is 0 Å². The zero-order chi connectivity index (χ0) is 13.2. The topological polar surface area (TPSA) is 87.1 Å². The van der Waals surface area contributed by atoms with Crippen LogP contribution in [0.4, 0.5) is 5.69 Å². The van der Waals surface area contributed by atoms with Crippen LogP contribution in [0.25, 0.3) is 11.0 Å². The first-order valence-electron chi connectivity index (χ1n) is 6.15. The molecular weight excluding hydrogens is 244 g/mol. The maximum absolute atomic E-state index is 12.0. The number of nitrogens with zero attached hydrogens (tertiary/aromatic N) is 2. The second-order valence-corrected chi connectivity index (χ2v) is 4.60. The summed E-state index contributed by atoms with van der Waals surface area (Å²) in [5, 5.41) is 15.2. The number of rotatable bonds is 2. The number of carbonyl (C=O) groups excluding carboxylic acids is 1. The van der Waals surface area contributed by atoms with Gasteiger partial charge in [-0.25, -0.2) is 0 Å². The molecular formula is C13H14N4O2. The van der Waals surface area contributed by atoms with Gasteiger partial charge in [0.15, 0.2) is 0 Å². The third-order valence-corrected chi connectivity index (χ3v) is 3.16. The van der Waals surface area contributed by atoms with Crippen molar-refractivity contribution < 1.29 is 9.90 Å². The van der Waals surface area contributed by atoms with Crippen molar-refractivity contribution >= 4 is 22.6 Å². The first-order valence-corrected chi connectivity index (χ1v) is 6.15. The fourth-order valence-electron chi connectivity index (χ4n) is 2.19. The molecule has 2 aromatic rings. The molecule has 1 fully saturated rings. The summed E-state index contributed by atoms with van der Waals surface area (Å²) in [5.41, 5.74) is 2.20. The molecule has 1 aliphatic rings. The second kappa shape index (κ2) is 4.91. The van der Waals surface area contributed by atoms with Crippen molar-refractivity contribution in [2.24, 2.45) is 0 Å². The SMILES string of the molecule is O=C(Nc1ccc2nccnc2c1)C1CC(O)CN1. The lowest BCUT2D eigenvalue weighted by Gasteiger charge is -2.11. The lowest BCUT2D eigenvalue weighted by molar-refractivity contribution is -0.117. The number of nitrogens with one attached hydrogen (secondary N) is 2. The fraction of sp³-hybridized carbons (Fsp3) is 0.308. The number of fused-ring (bicyclic) bond motifs is 1. The Hall–Kier alpha value is -2.05. The van der Waals surface area contributed by atoms with Crippen LogP contribution in [-0.4, -0.2) is 39.7 Å². The lowest BCUT2D eigenvalue weighted by atomic mass is 10.2. The van der Waals surface area contributed by atoms with E-state index in [1.807, 2.05) is 6.07 Å². The number of benzene rings is 1. The third kappa shape index (κ3) is 2.54. The van der Waals surface area contributed by atoms with Gasteiger partial charge >= 0.3 is 0 Å². The first-order chi connectivity index (χ1) is 9.22. The van der Waals surface area contributed by atoms with Crippen LogP contribution in [-0.2, 0) is 4.79 Å². The van der Waals surface area contributed by atoms with Gasteiger partial charge < -0.3 is 15.7 Å². The molecule has 0 aliphatic carbocycles. The van der Waals surface area contributed by atoms with E-state index in [0.29, 0.717) is 18.7 Å². The monoisotopic (exact) mass is 258 g/mol. The summed E-state index contributed by atoms with van der Waals surface area (Å²) in [5.74, 6) is -0.139. The van der Waals surface area contributed by atoms with Crippen LogP contribution in [0, 0.1) is 0 Å². The van der Waals surface area contributed by atoms with Crippen LogP contribution in [0.1, 0.15) is 6.42 Å². The minimum Gasteiger partial charge on any atom is -0.392 e. The molecule has 6 nitrogen and oxygen atoms in total. The Kier molecular flexibility index (Phi) is 3.10. The molecule has 2 unspecified atom stereocenters. The Morgan fingerprint density at radius 3 is 2.84 bits per heavy atom. The minimum absolute atomic E-state index is 0.139. The van der Waals surface area contributed by atoms with Gasteiger partial charge in [-0.3, -0.25) is 14.8 Å². The van der Waals surface area contributed by atoms with E-state index in [-0.39, 0.29) is 11.9 Å². The van der Waals surface area contributed by atoms with E-state index in [1.165, 1.54) is 0 Å². The molecule has 1 aromatic heterocycles. The summed E-state index contributed by atoms with van der Waals surface area (Å²) in [6.45, 7) is 0.460. The van der Waals surface area contributed by atoms with Crippen molar-refractivity contribution in [3.05, 3.63) is 30.6 Å². The highest BCUT2D eigenvalue weighted by Crippen LogP contribution is 2.16. The Bertz CT molecular complexity index is 616. The van der Waals surface area contributed by atoms with E-state index in [0.717, 1.165) is 11.0 Å². The highest BCUT2D eigenvalue weighted by molar-refractivity contribution is 5.96. The van der Waals surface area contributed by atoms with Crippen molar-refractivity contribution in [3.63, 3.8) is 0 Å².